The number of aliphatic hydroxyl groups is 1. The van der Waals surface area contributed by atoms with E-state index in [0.717, 1.165) is 5.56 Å². The first-order chi connectivity index (χ1) is 7.08. The van der Waals surface area contributed by atoms with Gasteiger partial charge < -0.3 is 14.6 Å². The second kappa shape index (κ2) is 5.05. The van der Waals surface area contributed by atoms with Gasteiger partial charge in [0.15, 0.2) is 0 Å². The van der Waals surface area contributed by atoms with Crippen LogP contribution in [0.5, 0.6) is 5.75 Å². The average Bonchev–Trinajstić information content (AvgIpc) is 2.16. The third kappa shape index (κ3) is 4.17. The Kier molecular flexibility index (Phi) is 3.74. The smallest absolute Gasteiger partial charge is 0.302 e. The van der Waals surface area contributed by atoms with E-state index in [0.29, 0.717) is 5.75 Å². The maximum absolute atomic E-state index is 10.5. The van der Waals surface area contributed by atoms with Crippen LogP contribution < -0.4 is 4.74 Å². The maximum Gasteiger partial charge on any atom is 0.302 e. The molecule has 0 bridgehead atoms. The van der Waals surface area contributed by atoms with Crippen LogP contribution in [-0.2, 0) is 16.1 Å². The molecule has 1 aromatic rings. The van der Waals surface area contributed by atoms with Crippen molar-refractivity contribution in [2.75, 3.05) is 0 Å². The van der Waals surface area contributed by atoms with Gasteiger partial charge in [-0.15, -0.1) is 0 Å². The van der Waals surface area contributed by atoms with Crippen LogP contribution in [0.3, 0.4) is 0 Å². The van der Waals surface area contributed by atoms with Gasteiger partial charge in [0, 0.05) is 6.92 Å². The molecule has 1 rings (SSSR count). The molecule has 0 saturated carbocycles. The number of benzene rings is 1. The lowest BCUT2D eigenvalue weighted by atomic mass is 10.2. The molecule has 0 aliphatic carbocycles. The van der Waals surface area contributed by atoms with E-state index in [2.05, 4.69) is 6.58 Å². The number of ether oxygens (including phenoxy) is 2. The van der Waals surface area contributed by atoms with Crippen LogP contribution in [0.2, 0.25) is 0 Å². The standard InChI is InChI=1S/C11H12O4/c1-8(12)14-7-10-3-5-11(6-4-10)15-9(2)13/h3-6,13H,2,7H2,1H3. The second-order valence-electron chi connectivity index (χ2n) is 2.92. The normalized spacial score (nSPS) is 9.40. The summed E-state index contributed by atoms with van der Waals surface area (Å²) in [5, 5.41) is 8.77. The van der Waals surface area contributed by atoms with E-state index in [4.69, 9.17) is 14.6 Å². The van der Waals surface area contributed by atoms with Crippen molar-refractivity contribution in [2.24, 2.45) is 0 Å². The zero-order valence-electron chi connectivity index (χ0n) is 8.40. The molecule has 80 valence electrons. The molecule has 4 nitrogen and oxygen atoms in total. The van der Waals surface area contributed by atoms with E-state index in [-0.39, 0.29) is 18.5 Å². The minimum atomic E-state index is -0.359. The number of aliphatic hydroxyl groups excluding tert-OH is 1. The molecule has 0 radical (unpaired) electrons. The monoisotopic (exact) mass is 208 g/mol. The van der Waals surface area contributed by atoms with Crippen LogP contribution in [0.15, 0.2) is 36.8 Å². The lowest BCUT2D eigenvalue weighted by Gasteiger charge is -2.05. The van der Waals surface area contributed by atoms with Crippen LogP contribution in [0, 0.1) is 0 Å². The molecule has 0 aliphatic heterocycles. The molecule has 1 aromatic carbocycles. The summed E-state index contributed by atoms with van der Waals surface area (Å²) < 4.78 is 9.65. The second-order valence-corrected chi connectivity index (χ2v) is 2.92. The Bertz CT molecular complexity index is 353. The van der Waals surface area contributed by atoms with E-state index in [1.165, 1.54) is 6.92 Å². The number of carbonyl (C=O) groups excluding carboxylic acids is 1. The first kappa shape index (κ1) is 11.1. The molecule has 0 spiro atoms. The van der Waals surface area contributed by atoms with Gasteiger partial charge in [-0.2, -0.15) is 0 Å². The van der Waals surface area contributed by atoms with Crippen LogP contribution in [0.1, 0.15) is 12.5 Å². The molecule has 0 aromatic heterocycles. The molecule has 0 heterocycles. The number of esters is 1. The minimum Gasteiger partial charge on any atom is -0.481 e. The lowest BCUT2D eigenvalue weighted by molar-refractivity contribution is -0.142. The zero-order valence-corrected chi connectivity index (χ0v) is 8.40. The minimum absolute atomic E-state index is 0.232. The Labute approximate surface area is 87.7 Å². The van der Waals surface area contributed by atoms with E-state index in [1.54, 1.807) is 24.3 Å². The van der Waals surface area contributed by atoms with Crippen molar-refractivity contribution in [2.45, 2.75) is 13.5 Å². The third-order valence-electron chi connectivity index (χ3n) is 1.60. The number of hydrogen-bond acceptors (Lipinski definition) is 4. The van der Waals surface area contributed by atoms with Crippen LogP contribution in [-0.4, -0.2) is 11.1 Å². The summed E-state index contributed by atoms with van der Waals surface area (Å²) in [7, 11) is 0. The topological polar surface area (TPSA) is 55.8 Å². The molecule has 0 fully saturated rings. The van der Waals surface area contributed by atoms with Gasteiger partial charge in [0.25, 0.3) is 5.95 Å². The van der Waals surface area contributed by atoms with Crippen molar-refractivity contribution in [1.82, 2.24) is 0 Å². The van der Waals surface area contributed by atoms with E-state index >= 15 is 0 Å². The Morgan fingerprint density at radius 3 is 2.47 bits per heavy atom. The highest BCUT2D eigenvalue weighted by Crippen LogP contribution is 2.14. The molecule has 0 saturated heterocycles. The SMILES string of the molecule is C=C(O)Oc1ccc(COC(C)=O)cc1. The number of rotatable bonds is 4. The van der Waals surface area contributed by atoms with Crippen LogP contribution >= 0.6 is 0 Å². The lowest BCUT2D eigenvalue weighted by Crippen LogP contribution is -1.98. The van der Waals surface area contributed by atoms with E-state index in [9.17, 15) is 4.79 Å². The van der Waals surface area contributed by atoms with Crippen molar-refractivity contribution in [3.05, 3.63) is 42.4 Å². The van der Waals surface area contributed by atoms with Crippen LogP contribution in [0.25, 0.3) is 0 Å². The summed E-state index contributed by atoms with van der Waals surface area (Å²) in [4.78, 5) is 10.5. The molecule has 0 aliphatic rings. The zero-order chi connectivity index (χ0) is 11.3. The van der Waals surface area contributed by atoms with Gasteiger partial charge in [-0.3, -0.25) is 4.79 Å². The number of carbonyl (C=O) groups is 1. The fraction of sp³-hybridized carbons (Fsp3) is 0.182. The highest BCUT2D eigenvalue weighted by Gasteiger charge is 1.98. The Morgan fingerprint density at radius 2 is 2.00 bits per heavy atom. The van der Waals surface area contributed by atoms with E-state index < -0.39 is 0 Å². The summed E-state index contributed by atoms with van der Waals surface area (Å²) in [6.07, 6.45) is 0. The highest BCUT2D eigenvalue weighted by molar-refractivity contribution is 5.65. The fourth-order valence-corrected chi connectivity index (χ4v) is 0.975. The van der Waals surface area contributed by atoms with Gasteiger partial charge >= 0.3 is 5.97 Å². The predicted molar refractivity (Wildman–Crippen MR) is 54.3 cm³/mol. The van der Waals surface area contributed by atoms with Crippen LogP contribution in [0.4, 0.5) is 0 Å². The average molecular weight is 208 g/mol. The molecule has 15 heavy (non-hydrogen) atoms. The predicted octanol–water partition coefficient (Wildman–Crippen LogP) is 2.16. The largest absolute Gasteiger partial charge is 0.481 e. The molecule has 0 amide bonds. The van der Waals surface area contributed by atoms with E-state index in [1.807, 2.05) is 0 Å². The van der Waals surface area contributed by atoms with Gasteiger partial charge in [0.1, 0.15) is 12.4 Å². The summed E-state index contributed by atoms with van der Waals surface area (Å²) >= 11 is 0. The van der Waals surface area contributed by atoms with Gasteiger partial charge in [-0.05, 0) is 24.3 Å². The highest BCUT2D eigenvalue weighted by atomic mass is 16.6. The van der Waals surface area contributed by atoms with Gasteiger partial charge in [-0.25, -0.2) is 0 Å². The van der Waals surface area contributed by atoms with Crippen molar-refractivity contribution in [3.63, 3.8) is 0 Å². The van der Waals surface area contributed by atoms with Gasteiger partial charge in [-0.1, -0.05) is 12.1 Å². The maximum atomic E-state index is 10.5. The van der Waals surface area contributed by atoms with Crippen molar-refractivity contribution in [1.29, 1.82) is 0 Å². The molecular formula is C11H12O4. The summed E-state index contributed by atoms with van der Waals surface area (Å²) in [6, 6.07) is 6.78. The number of hydrogen-bond donors (Lipinski definition) is 1. The Morgan fingerprint density at radius 1 is 1.40 bits per heavy atom. The summed E-state index contributed by atoms with van der Waals surface area (Å²) in [5.74, 6) is -0.198. The Hall–Kier alpha value is -1.97. The third-order valence-corrected chi connectivity index (χ3v) is 1.60. The molecule has 0 unspecified atom stereocenters. The molecule has 1 N–H and O–H groups in total. The van der Waals surface area contributed by atoms with Crippen molar-refractivity contribution >= 4 is 5.97 Å². The summed E-state index contributed by atoms with van der Waals surface area (Å²) in [6.45, 7) is 4.78. The van der Waals surface area contributed by atoms with Crippen molar-refractivity contribution in [3.8, 4) is 5.75 Å². The van der Waals surface area contributed by atoms with Crippen molar-refractivity contribution < 1.29 is 19.4 Å². The Balaban J connectivity index is 2.56. The summed E-state index contributed by atoms with van der Waals surface area (Å²) in [5.41, 5.74) is 0.848. The first-order valence-corrected chi connectivity index (χ1v) is 4.36. The van der Waals surface area contributed by atoms with Gasteiger partial charge in [0.2, 0.25) is 0 Å². The molecular weight excluding hydrogens is 196 g/mol. The van der Waals surface area contributed by atoms with Gasteiger partial charge in [0.05, 0.1) is 0 Å². The first-order valence-electron chi connectivity index (χ1n) is 4.36. The molecule has 0 atom stereocenters. The molecule has 4 heteroatoms. The quantitative estimate of drug-likeness (QED) is 0.608. The fourth-order valence-electron chi connectivity index (χ4n) is 0.975.